The van der Waals surface area contributed by atoms with Gasteiger partial charge in [0.05, 0.1) is 10.5 Å². The largest absolute Gasteiger partial charge is 0.234 e. The van der Waals surface area contributed by atoms with E-state index in [1.807, 2.05) is 19.1 Å². The summed E-state index contributed by atoms with van der Waals surface area (Å²) in [7, 11) is 0. The third-order valence-corrected chi connectivity index (χ3v) is 3.08. The Bertz CT molecular complexity index is 523. The van der Waals surface area contributed by atoms with Crippen molar-refractivity contribution >= 4 is 45.7 Å². The molecule has 0 unspecified atom stereocenters. The highest BCUT2D eigenvalue weighted by Gasteiger charge is 2.07. The number of hydrogen-bond acceptors (Lipinski definition) is 1. The summed E-state index contributed by atoms with van der Waals surface area (Å²) in [6.07, 6.45) is 0.839. The minimum absolute atomic E-state index is 0.509. The lowest BCUT2D eigenvalue weighted by atomic mass is 10.1. The van der Waals surface area contributed by atoms with Crippen LogP contribution in [0.1, 0.15) is 12.5 Å². The summed E-state index contributed by atoms with van der Waals surface area (Å²) in [5.74, 6) is 0. The van der Waals surface area contributed by atoms with Gasteiger partial charge in [-0.3, -0.25) is 0 Å². The van der Waals surface area contributed by atoms with Gasteiger partial charge in [-0.2, -0.15) is 0 Å². The normalized spacial score (nSPS) is 10.9. The number of pyridine rings is 1. The van der Waals surface area contributed by atoms with Crippen molar-refractivity contribution in [3.05, 3.63) is 39.0 Å². The molecule has 1 aromatic heterocycles. The van der Waals surface area contributed by atoms with Gasteiger partial charge in [0.2, 0.25) is 0 Å². The Kier molecular flexibility index (Phi) is 3.06. The molecular weight excluding hydrogens is 252 g/mol. The maximum absolute atomic E-state index is 6.02. The average molecular weight is 261 g/mol. The molecule has 0 aliphatic rings. The molecular formula is C11H8Cl3N. The molecule has 0 spiro atoms. The van der Waals surface area contributed by atoms with E-state index in [0.29, 0.717) is 20.7 Å². The van der Waals surface area contributed by atoms with Gasteiger partial charge in [0.25, 0.3) is 0 Å². The van der Waals surface area contributed by atoms with Crippen LogP contribution in [-0.4, -0.2) is 4.98 Å². The van der Waals surface area contributed by atoms with Crippen molar-refractivity contribution in [2.45, 2.75) is 13.3 Å². The van der Waals surface area contributed by atoms with Gasteiger partial charge in [-0.25, -0.2) is 4.98 Å². The molecule has 0 aliphatic carbocycles. The van der Waals surface area contributed by atoms with E-state index in [0.717, 1.165) is 17.4 Å². The van der Waals surface area contributed by atoms with Gasteiger partial charge in [-0.1, -0.05) is 41.7 Å². The Labute approximate surface area is 103 Å². The minimum atomic E-state index is 0.509. The molecule has 0 fully saturated rings. The van der Waals surface area contributed by atoms with Crippen LogP contribution in [-0.2, 0) is 6.42 Å². The summed E-state index contributed by atoms with van der Waals surface area (Å²) in [4.78, 5) is 4.26. The fraction of sp³-hybridized carbons (Fsp3) is 0.182. The van der Waals surface area contributed by atoms with E-state index in [2.05, 4.69) is 4.98 Å². The third kappa shape index (κ3) is 2.05. The van der Waals surface area contributed by atoms with Gasteiger partial charge >= 0.3 is 0 Å². The van der Waals surface area contributed by atoms with Crippen LogP contribution in [0, 0.1) is 0 Å². The Morgan fingerprint density at radius 2 is 1.87 bits per heavy atom. The summed E-state index contributed by atoms with van der Waals surface area (Å²) < 4.78 is 0. The number of aromatic nitrogens is 1. The molecule has 15 heavy (non-hydrogen) atoms. The zero-order valence-corrected chi connectivity index (χ0v) is 10.3. The summed E-state index contributed by atoms with van der Waals surface area (Å²) >= 11 is 18.0. The number of aryl methyl sites for hydroxylation is 1. The third-order valence-electron chi connectivity index (χ3n) is 2.24. The number of nitrogens with zero attached hydrogens (tertiary/aromatic N) is 1. The van der Waals surface area contributed by atoms with Gasteiger partial charge < -0.3 is 0 Å². The van der Waals surface area contributed by atoms with E-state index >= 15 is 0 Å². The molecule has 0 aliphatic heterocycles. The summed E-state index contributed by atoms with van der Waals surface area (Å²) in [6.45, 7) is 2.03. The highest BCUT2D eigenvalue weighted by molar-refractivity contribution is 6.38. The molecule has 1 aromatic carbocycles. The summed E-state index contributed by atoms with van der Waals surface area (Å²) in [6, 6.07) is 5.48. The van der Waals surface area contributed by atoms with Gasteiger partial charge in [0.15, 0.2) is 0 Å². The van der Waals surface area contributed by atoms with Crippen molar-refractivity contribution in [1.29, 1.82) is 0 Å². The molecule has 0 atom stereocenters. The van der Waals surface area contributed by atoms with Gasteiger partial charge in [-0.15, -0.1) is 0 Å². The molecule has 0 N–H and O–H groups in total. The van der Waals surface area contributed by atoms with Crippen LogP contribution in [0.4, 0.5) is 0 Å². The molecule has 4 heteroatoms. The first kappa shape index (κ1) is 11.0. The van der Waals surface area contributed by atoms with E-state index in [4.69, 9.17) is 34.8 Å². The second kappa shape index (κ2) is 4.17. The molecule has 2 rings (SSSR count). The van der Waals surface area contributed by atoms with E-state index in [9.17, 15) is 0 Å². The number of hydrogen-bond donors (Lipinski definition) is 0. The van der Waals surface area contributed by atoms with Crippen LogP contribution in [0.5, 0.6) is 0 Å². The maximum Gasteiger partial charge on any atom is 0.133 e. The van der Waals surface area contributed by atoms with E-state index in [1.54, 1.807) is 6.07 Å². The fourth-order valence-corrected chi connectivity index (χ4v) is 2.30. The Balaban J connectivity index is 2.81. The lowest BCUT2D eigenvalue weighted by Gasteiger charge is -2.05. The molecule has 2 aromatic rings. The van der Waals surface area contributed by atoms with E-state index in [-0.39, 0.29) is 0 Å². The van der Waals surface area contributed by atoms with Gasteiger partial charge in [0.1, 0.15) is 5.15 Å². The zero-order valence-electron chi connectivity index (χ0n) is 8.02. The Hall–Kier alpha value is -0.500. The second-order valence-electron chi connectivity index (χ2n) is 3.25. The van der Waals surface area contributed by atoms with Crippen molar-refractivity contribution in [3.63, 3.8) is 0 Å². The van der Waals surface area contributed by atoms with Crippen LogP contribution >= 0.6 is 34.8 Å². The predicted molar refractivity (Wildman–Crippen MR) is 66.2 cm³/mol. The minimum Gasteiger partial charge on any atom is -0.234 e. The van der Waals surface area contributed by atoms with Crippen molar-refractivity contribution in [3.8, 4) is 0 Å². The average Bonchev–Trinajstić information content (AvgIpc) is 2.18. The van der Waals surface area contributed by atoms with Gasteiger partial charge in [0, 0.05) is 10.4 Å². The highest BCUT2D eigenvalue weighted by Crippen LogP contribution is 2.29. The first-order valence-corrected chi connectivity index (χ1v) is 5.69. The van der Waals surface area contributed by atoms with Gasteiger partial charge in [-0.05, 0) is 30.2 Å². The molecule has 0 saturated carbocycles. The molecule has 0 saturated heterocycles. The zero-order chi connectivity index (χ0) is 11.0. The number of rotatable bonds is 1. The fourth-order valence-electron chi connectivity index (χ4n) is 1.48. The van der Waals surface area contributed by atoms with Crippen LogP contribution in [0.3, 0.4) is 0 Å². The summed E-state index contributed by atoms with van der Waals surface area (Å²) in [5.41, 5.74) is 1.70. The number of fused-ring (bicyclic) bond motifs is 1. The molecule has 1 heterocycles. The maximum atomic E-state index is 6.02. The van der Waals surface area contributed by atoms with Crippen LogP contribution in [0.2, 0.25) is 15.2 Å². The van der Waals surface area contributed by atoms with Crippen molar-refractivity contribution in [2.75, 3.05) is 0 Å². The number of halogens is 3. The van der Waals surface area contributed by atoms with E-state index in [1.165, 1.54) is 0 Å². The quantitative estimate of drug-likeness (QED) is 0.674. The Morgan fingerprint density at radius 3 is 2.53 bits per heavy atom. The molecule has 0 radical (unpaired) electrons. The monoisotopic (exact) mass is 259 g/mol. The van der Waals surface area contributed by atoms with Crippen LogP contribution in [0.15, 0.2) is 18.2 Å². The molecule has 1 nitrogen and oxygen atoms in total. The molecule has 0 amide bonds. The predicted octanol–water partition coefficient (Wildman–Crippen LogP) is 4.76. The molecule has 78 valence electrons. The topological polar surface area (TPSA) is 12.9 Å². The second-order valence-corrected chi connectivity index (χ2v) is 4.45. The van der Waals surface area contributed by atoms with Crippen LogP contribution in [0.25, 0.3) is 10.9 Å². The smallest absolute Gasteiger partial charge is 0.133 e. The first-order valence-electron chi connectivity index (χ1n) is 4.56. The van der Waals surface area contributed by atoms with Crippen molar-refractivity contribution in [1.82, 2.24) is 4.98 Å². The SMILES string of the molecule is CCc1cc2cc(Cl)cc(Cl)c2nc1Cl. The highest BCUT2D eigenvalue weighted by atomic mass is 35.5. The lowest BCUT2D eigenvalue weighted by Crippen LogP contribution is -1.89. The molecule has 0 bridgehead atoms. The Morgan fingerprint density at radius 1 is 1.13 bits per heavy atom. The summed E-state index contributed by atoms with van der Waals surface area (Å²) in [5, 5.41) is 2.57. The number of benzene rings is 1. The van der Waals surface area contributed by atoms with Crippen molar-refractivity contribution in [2.24, 2.45) is 0 Å². The van der Waals surface area contributed by atoms with E-state index < -0.39 is 0 Å². The standard InChI is InChI=1S/C11H8Cl3N/c1-2-6-3-7-4-8(12)5-9(13)10(7)15-11(6)14/h3-5H,2H2,1H3. The van der Waals surface area contributed by atoms with Crippen LogP contribution < -0.4 is 0 Å². The lowest BCUT2D eigenvalue weighted by molar-refractivity contribution is 1.12. The first-order chi connectivity index (χ1) is 7.11. The van der Waals surface area contributed by atoms with Crippen molar-refractivity contribution < 1.29 is 0 Å².